The fraction of sp³-hybridized carbons (Fsp3) is 0.0690. The predicted octanol–water partition coefficient (Wildman–Crippen LogP) is 5.91. The highest BCUT2D eigenvalue weighted by Crippen LogP contribution is 2.24. The molecule has 0 saturated carbocycles. The van der Waals surface area contributed by atoms with Crippen molar-refractivity contribution in [2.24, 2.45) is 0 Å². The van der Waals surface area contributed by atoms with E-state index in [0.717, 1.165) is 44.3 Å². The number of aromatic amines is 1. The first-order chi connectivity index (χ1) is 19.7. The first-order valence-electron chi connectivity index (χ1n) is 12.2. The van der Waals surface area contributed by atoms with Crippen LogP contribution in [-0.4, -0.2) is 47.9 Å². The van der Waals surface area contributed by atoms with Crippen LogP contribution in [0, 0.1) is 0 Å². The highest BCUT2D eigenvalue weighted by atomic mass is 19.4. The van der Waals surface area contributed by atoms with Gasteiger partial charge < -0.3 is 15.4 Å². The summed E-state index contributed by atoms with van der Waals surface area (Å²) in [6.07, 6.45) is 2.09. The Bertz CT molecular complexity index is 1860. The highest BCUT2D eigenvalue weighted by Gasteiger charge is 2.38. The van der Waals surface area contributed by atoms with E-state index in [0.29, 0.717) is 12.1 Å². The zero-order chi connectivity index (χ0) is 29.0. The molecule has 0 atom stereocenters. The van der Waals surface area contributed by atoms with Crippen molar-refractivity contribution in [3.05, 3.63) is 109 Å². The minimum absolute atomic E-state index is 0.136. The summed E-state index contributed by atoms with van der Waals surface area (Å²) in [5.41, 5.74) is 4.96. The van der Waals surface area contributed by atoms with Gasteiger partial charge in [0.1, 0.15) is 12.0 Å². The van der Waals surface area contributed by atoms with Crippen molar-refractivity contribution in [2.75, 3.05) is 5.32 Å². The first-order valence-corrected chi connectivity index (χ1v) is 12.2. The number of hydrogen-bond donors (Lipinski definition) is 3. The molecule has 0 saturated heterocycles. The molecule has 41 heavy (non-hydrogen) atoms. The Hall–Kier alpha value is -5.52. The molecule has 0 spiro atoms. The number of benzene rings is 3. The van der Waals surface area contributed by atoms with E-state index in [4.69, 9.17) is 9.90 Å². The van der Waals surface area contributed by atoms with Gasteiger partial charge in [0.2, 0.25) is 0 Å². The number of carbonyl (C=O) groups excluding carboxylic acids is 1. The van der Waals surface area contributed by atoms with Gasteiger partial charge in [-0.3, -0.25) is 9.48 Å². The van der Waals surface area contributed by atoms with Crippen LogP contribution in [0.4, 0.5) is 18.9 Å². The summed E-state index contributed by atoms with van der Waals surface area (Å²) in [7, 11) is 0. The van der Waals surface area contributed by atoms with E-state index >= 15 is 0 Å². The molecule has 0 aliphatic carbocycles. The van der Waals surface area contributed by atoms with Crippen LogP contribution in [0.2, 0.25) is 0 Å². The average Bonchev–Trinajstić information content (AvgIpc) is 3.62. The third-order valence-corrected chi connectivity index (χ3v) is 6.04. The number of alkyl halides is 3. The standard InChI is InChI=1S/C27H20N6O.C2HF3O2/c34-27(21-9-8-19-5-1-2-6-20(19)13-21)32-23-7-3-4-18(12-23)15-33-16-22(14-31-33)25-24-10-11-28-26(24)30-17-29-25;3-2(4,5)1(6)7/h1-14,16-17H,15H2,(H,32,34)(H,28,29,30);(H,6,7). The van der Waals surface area contributed by atoms with E-state index in [1.54, 1.807) is 12.5 Å². The molecule has 0 fully saturated rings. The van der Waals surface area contributed by atoms with Crippen molar-refractivity contribution < 1.29 is 27.9 Å². The van der Waals surface area contributed by atoms with Crippen molar-refractivity contribution in [3.8, 4) is 11.3 Å². The van der Waals surface area contributed by atoms with Crippen LogP contribution >= 0.6 is 0 Å². The van der Waals surface area contributed by atoms with Gasteiger partial charge in [-0.25, -0.2) is 14.8 Å². The molecule has 206 valence electrons. The third kappa shape index (κ3) is 6.38. The summed E-state index contributed by atoms with van der Waals surface area (Å²) in [6, 6.07) is 23.5. The second-order valence-electron chi connectivity index (χ2n) is 8.91. The quantitative estimate of drug-likeness (QED) is 0.242. The van der Waals surface area contributed by atoms with E-state index < -0.39 is 12.1 Å². The number of carbonyl (C=O) groups is 2. The monoisotopic (exact) mass is 558 g/mol. The molecule has 6 rings (SSSR count). The topological polar surface area (TPSA) is 126 Å². The van der Waals surface area contributed by atoms with Gasteiger partial charge in [0, 0.05) is 34.6 Å². The lowest BCUT2D eigenvalue weighted by Gasteiger charge is -2.09. The Morgan fingerprint density at radius 3 is 2.51 bits per heavy atom. The van der Waals surface area contributed by atoms with Crippen LogP contribution in [0.3, 0.4) is 0 Å². The van der Waals surface area contributed by atoms with Gasteiger partial charge in [0.05, 0.1) is 18.4 Å². The molecule has 6 aromatic rings. The molecule has 1 amide bonds. The Balaban J connectivity index is 0.000000431. The summed E-state index contributed by atoms with van der Waals surface area (Å²) in [5.74, 6) is -2.89. The van der Waals surface area contributed by atoms with E-state index in [-0.39, 0.29) is 5.91 Å². The number of aliphatic carboxylic acids is 1. The lowest BCUT2D eigenvalue weighted by molar-refractivity contribution is -0.192. The maximum atomic E-state index is 12.8. The molecular formula is C29H21F3N6O3. The van der Waals surface area contributed by atoms with Crippen molar-refractivity contribution in [1.82, 2.24) is 24.7 Å². The van der Waals surface area contributed by atoms with Gasteiger partial charge in [0.25, 0.3) is 5.91 Å². The van der Waals surface area contributed by atoms with E-state index in [9.17, 15) is 18.0 Å². The molecule has 9 nitrogen and oxygen atoms in total. The normalized spacial score (nSPS) is 11.2. The predicted molar refractivity (Wildman–Crippen MR) is 146 cm³/mol. The number of aromatic nitrogens is 5. The molecule has 3 heterocycles. The zero-order valence-corrected chi connectivity index (χ0v) is 21.1. The molecule has 0 aliphatic rings. The number of nitrogens with zero attached hydrogens (tertiary/aromatic N) is 4. The molecule has 0 bridgehead atoms. The number of carboxylic acids is 1. The summed E-state index contributed by atoms with van der Waals surface area (Å²) >= 11 is 0. The van der Waals surface area contributed by atoms with Crippen LogP contribution in [0.1, 0.15) is 15.9 Å². The van der Waals surface area contributed by atoms with Crippen molar-refractivity contribution >= 4 is 39.4 Å². The van der Waals surface area contributed by atoms with Crippen LogP contribution in [-0.2, 0) is 11.3 Å². The Labute approximate surface area is 230 Å². The summed E-state index contributed by atoms with van der Waals surface area (Å²) in [6.45, 7) is 0.570. The second-order valence-corrected chi connectivity index (χ2v) is 8.91. The number of anilines is 1. The van der Waals surface area contributed by atoms with Crippen LogP contribution < -0.4 is 5.32 Å². The molecule has 0 aliphatic heterocycles. The van der Waals surface area contributed by atoms with Gasteiger partial charge in [0.15, 0.2) is 0 Å². The lowest BCUT2D eigenvalue weighted by atomic mass is 10.1. The maximum Gasteiger partial charge on any atom is 0.490 e. The van der Waals surface area contributed by atoms with E-state index in [1.165, 1.54) is 0 Å². The smallest absolute Gasteiger partial charge is 0.475 e. The Morgan fingerprint density at radius 2 is 1.73 bits per heavy atom. The van der Waals surface area contributed by atoms with Crippen LogP contribution in [0.25, 0.3) is 33.1 Å². The zero-order valence-electron chi connectivity index (χ0n) is 21.1. The summed E-state index contributed by atoms with van der Waals surface area (Å²) in [5, 5.41) is 17.7. The Kier molecular flexibility index (Phi) is 7.46. The van der Waals surface area contributed by atoms with Crippen molar-refractivity contribution in [2.45, 2.75) is 12.7 Å². The number of nitrogens with one attached hydrogen (secondary N) is 2. The largest absolute Gasteiger partial charge is 0.490 e. The lowest BCUT2D eigenvalue weighted by Crippen LogP contribution is -2.21. The third-order valence-electron chi connectivity index (χ3n) is 6.04. The molecule has 0 unspecified atom stereocenters. The second kappa shape index (κ2) is 11.3. The van der Waals surface area contributed by atoms with Crippen LogP contribution in [0.15, 0.2) is 97.7 Å². The minimum Gasteiger partial charge on any atom is -0.475 e. The fourth-order valence-corrected chi connectivity index (χ4v) is 4.14. The van der Waals surface area contributed by atoms with Gasteiger partial charge in [-0.15, -0.1) is 0 Å². The molecular weight excluding hydrogens is 537 g/mol. The number of carboxylic acid groups (broad SMARTS) is 1. The summed E-state index contributed by atoms with van der Waals surface area (Å²) in [4.78, 5) is 33.5. The number of hydrogen-bond acceptors (Lipinski definition) is 5. The molecule has 3 N–H and O–H groups in total. The van der Waals surface area contributed by atoms with Crippen molar-refractivity contribution in [1.29, 1.82) is 0 Å². The van der Waals surface area contributed by atoms with Gasteiger partial charge in [-0.1, -0.05) is 42.5 Å². The van der Waals surface area contributed by atoms with Crippen LogP contribution in [0.5, 0.6) is 0 Å². The van der Waals surface area contributed by atoms with Gasteiger partial charge in [-0.05, 0) is 46.7 Å². The summed E-state index contributed by atoms with van der Waals surface area (Å²) < 4.78 is 33.6. The van der Waals surface area contributed by atoms with E-state index in [2.05, 4.69) is 25.4 Å². The van der Waals surface area contributed by atoms with Crippen molar-refractivity contribution in [3.63, 3.8) is 0 Å². The maximum absolute atomic E-state index is 12.8. The number of halogens is 3. The fourth-order valence-electron chi connectivity index (χ4n) is 4.14. The number of H-pyrrole nitrogens is 1. The van der Waals surface area contributed by atoms with Gasteiger partial charge in [-0.2, -0.15) is 18.3 Å². The number of amides is 1. The molecule has 3 aromatic heterocycles. The first kappa shape index (κ1) is 27.1. The number of rotatable bonds is 5. The molecule has 12 heteroatoms. The Morgan fingerprint density at radius 1 is 0.951 bits per heavy atom. The van der Waals surface area contributed by atoms with Gasteiger partial charge >= 0.3 is 12.1 Å². The average molecular weight is 559 g/mol. The SMILES string of the molecule is O=C(Nc1cccc(Cn2cc(-c3ncnc4[nH]ccc34)cn2)c1)c1ccc2ccccc2c1.O=C(O)C(F)(F)F. The molecule has 0 radical (unpaired) electrons. The number of fused-ring (bicyclic) bond motifs is 2. The highest BCUT2D eigenvalue weighted by molar-refractivity contribution is 6.06. The molecule has 3 aromatic carbocycles. The van der Waals surface area contributed by atoms with E-state index in [1.807, 2.05) is 89.9 Å². The minimum atomic E-state index is -5.08.